The Hall–Kier alpha value is -2.38. The average molecular weight is 374 g/mol. The Bertz CT molecular complexity index is 847. The van der Waals surface area contributed by atoms with Crippen LogP contribution in [-0.4, -0.2) is 30.9 Å². The minimum absolute atomic E-state index is 0.562. The SMILES string of the molecule is COc1ccc(CCNC(=S)Nc2nc3ccccc3s2)c(OC)c1. The van der Waals surface area contributed by atoms with Gasteiger partial charge >= 0.3 is 0 Å². The van der Waals surface area contributed by atoms with Gasteiger partial charge in [-0.2, -0.15) is 0 Å². The van der Waals surface area contributed by atoms with Crippen molar-refractivity contribution in [2.24, 2.45) is 0 Å². The lowest BCUT2D eigenvalue weighted by molar-refractivity contribution is 0.391. The van der Waals surface area contributed by atoms with E-state index in [9.17, 15) is 0 Å². The molecule has 130 valence electrons. The van der Waals surface area contributed by atoms with Crippen LogP contribution in [0.15, 0.2) is 42.5 Å². The van der Waals surface area contributed by atoms with Gasteiger partial charge in [0.2, 0.25) is 0 Å². The lowest BCUT2D eigenvalue weighted by Crippen LogP contribution is -2.30. The van der Waals surface area contributed by atoms with Gasteiger partial charge in [-0.25, -0.2) is 4.98 Å². The second-order valence-corrected chi connectivity index (χ2v) is 6.73. The Morgan fingerprint density at radius 2 is 2.00 bits per heavy atom. The van der Waals surface area contributed by atoms with Crippen molar-refractivity contribution in [1.29, 1.82) is 0 Å². The van der Waals surface area contributed by atoms with Crippen LogP contribution in [0.5, 0.6) is 11.5 Å². The van der Waals surface area contributed by atoms with Crippen molar-refractivity contribution in [3.05, 3.63) is 48.0 Å². The molecule has 0 amide bonds. The van der Waals surface area contributed by atoms with Gasteiger partial charge < -0.3 is 20.1 Å². The quantitative estimate of drug-likeness (QED) is 0.640. The van der Waals surface area contributed by atoms with Crippen LogP contribution < -0.4 is 20.1 Å². The summed E-state index contributed by atoms with van der Waals surface area (Å²) in [6.45, 7) is 0.694. The summed E-state index contributed by atoms with van der Waals surface area (Å²) in [5, 5.41) is 7.70. The van der Waals surface area contributed by atoms with Crippen LogP contribution in [0.1, 0.15) is 5.56 Å². The topological polar surface area (TPSA) is 55.4 Å². The second-order valence-electron chi connectivity index (χ2n) is 5.30. The lowest BCUT2D eigenvalue weighted by Gasteiger charge is -2.12. The summed E-state index contributed by atoms with van der Waals surface area (Å²) in [7, 11) is 3.30. The van der Waals surface area contributed by atoms with Crippen molar-refractivity contribution in [3.63, 3.8) is 0 Å². The highest BCUT2D eigenvalue weighted by Crippen LogP contribution is 2.26. The van der Waals surface area contributed by atoms with E-state index in [1.807, 2.05) is 42.5 Å². The number of thiazole rings is 1. The minimum atomic E-state index is 0.562. The molecule has 0 aliphatic carbocycles. The van der Waals surface area contributed by atoms with Crippen molar-refractivity contribution in [3.8, 4) is 11.5 Å². The number of aromatic nitrogens is 1. The van der Waals surface area contributed by atoms with Gasteiger partial charge in [-0.1, -0.05) is 29.5 Å². The van der Waals surface area contributed by atoms with E-state index >= 15 is 0 Å². The number of nitrogens with zero attached hydrogens (tertiary/aromatic N) is 1. The molecule has 0 atom stereocenters. The zero-order chi connectivity index (χ0) is 17.6. The predicted molar refractivity (Wildman–Crippen MR) is 107 cm³/mol. The molecule has 25 heavy (non-hydrogen) atoms. The summed E-state index contributed by atoms with van der Waals surface area (Å²) in [6, 6.07) is 13.8. The van der Waals surface area contributed by atoms with Crippen LogP contribution in [-0.2, 0) is 6.42 Å². The Morgan fingerprint density at radius 1 is 1.16 bits per heavy atom. The minimum Gasteiger partial charge on any atom is -0.497 e. The second kappa shape index (κ2) is 8.13. The molecule has 0 saturated carbocycles. The first-order chi connectivity index (χ1) is 12.2. The molecule has 3 rings (SSSR count). The van der Waals surface area contributed by atoms with E-state index in [1.165, 1.54) is 0 Å². The highest BCUT2D eigenvalue weighted by Gasteiger charge is 2.07. The van der Waals surface area contributed by atoms with E-state index < -0.39 is 0 Å². The number of benzene rings is 2. The lowest BCUT2D eigenvalue weighted by atomic mass is 10.1. The summed E-state index contributed by atoms with van der Waals surface area (Å²) in [5.74, 6) is 1.59. The molecule has 0 saturated heterocycles. The van der Waals surface area contributed by atoms with Gasteiger partial charge in [0, 0.05) is 12.6 Å². The van der Waals surface area contributed by atoms with Crippen LogP contribution in [0.3, 0.4) is 0 Å². The first-order valence-corrected chi connectivity index (χ1v) is 9.03. The fraction of sp³-hybridized carbons (Fsp3) is 0.222. The first-order valence-electron chi connectivity index (χ1n) is 7.81. The third-order valence-electron chi connectivity index (χ3n) is 3.69. The van der Waals surface area contributed by atoms with E-state index in [1.54, 1.807) is 25.6 Å². The molecule has 7 heteroatoms. The molecule has 2 aromatic carbocycles. The van der Waals surface area contributed by atoms with Gasteiger partial charge in [0.15, 0.2) is 10.2 Å². The fourth-order valence-electron chi connectivity index (χ4n) is 2.44. The molecule has 1 heterocycles. The number of methoxy groups -OCH3 is 2. The van der Waals surface area contributed by atoms with E-state index in [0.717, 1.165) is 38.8 Å². The molecule has 0 aliphatic heterocycles. The van der Waals surface area contributed by atoms with Crippen LogP contribution in [0, 0.1) is 0 Å². The summed E-state index contributed by atoms with van der Waals surface area (Å²) in [5.41, 5.74) is 2.07. The smallest absolute Gasteiger partial charge is 0.190 e. The largest absolute Gasteiger partial charge is 0.497 e. The Morgan fingerprint density at radius 3 is 2.76 bits per heavy atom. The van der Waals surface area contributed by atoms with Crippen LogP contribution in [0.25, 0.3) is 10.2 Å². The van der Waals surface area contributed by atoms with Gasteiger partial charge in [0.1, 0.15) is 11.5 Å². The van der Waals surface area contributed by atoms with Crippen molar-refractivity contribution in [2.45, 2.75) is 6.42 Å². The summed E-state index contributed by atoms with van der Waals surface area (Å²) in [4.78, 5) is 4.51. The zero-order valence-electron chi connectivity index (χ0n) is 14.0. The fourth-order valence-corrected chi connectivity index (χ4v) is 3.57. The highest BCUT2D eigenvalue weighted by molar-refractivity contribution is 7.80. The highest BCUT2D eigenvalue weighted by atomic mass is 32.1. The third kappa shape index (κ3) is 4.37. The van der Waals surface area contributed by atoms with E-state index in [2.05, 4.69) is 15.6 Å². The number of hydrogen-bond donors (Lipinski definition) is 2. The molecule has 0 bridgehead atoms. The molecule has 0 spiro atoms. The summed E-state index contributed by atoms with van der Waals surface area (Å²) < 4.78 is 11.8. The van der Waals surface area contributed by atoms with Crippen molar-refractivity contribution >= 4 is 44.0 Å². The average Bonchev–Trinajstić information content (AvgIpc) is 3.04. The molecule has 1 aromatic heterocycles. The molecular formula is C18H19N3O2S2. The molecule has 0 unspecified atom stereocenters. The van der Waals surface area contributed by atoms with Crippen LogP contribution >= 0.6 is 23.6 Å². The van der Waals surface area contributed by atoms with E-state index in [0.29, 0.717) is 11.7 Å². The molecule has 0 aliphatic rings. The predicted octanol–water partition coefficient (Wildman–Crippen LogP) is 3.84. The number of para-hydroxylation sites is 1. The maximum atomic E-state index is 5.41. The number of ether oxygens (including phenoxy) is 2. The number of fused-ring (bicyclic) bond motifs is 1. The zero-order valence-corrected chi connectivity index (χ0v) is 15.7. The van der Waals surface area contributed by atoms with Crippen LogP contribution in [0.2, 0.25) is 0 Å². The Labute approximate surface area is 156 Å². The number of hydrogen-bond acceptors (Lipinski definition) is 5. The van der Waals surface area contributed by atoms with Crippen molar-refractivity contribution in [1.82, 2.24) is 10.3 Å². The summed E-state index contributed by atoms with van der Waals surface area (Å²) >= 11 is 6.93. The standard InChI is InChI=1S/C18H19N3O2S2/c1-22-13-8-7-12(15(11-13)23-2)9-10-19-17(24)21-18-20-14-5-3-4-6-16(14)25-18/h3-8,11H,9-10H2,1-2H3,(H2,19,20,21,24). The molecule has 0 fully saturated rings. The van der Waals surface area contributed by atoms with Gasteiger partial charge in [0.05, 0.1) is 24.4 Å². The van der Waals surface area contributed by atoms with Gasteiger partial charge in [-0.3, -0.25) is 0 Å². The Kier molecular flexibility index (Phi) is 5.67. The normalized spacial score (nSPS) is 10.5. The number of anilines is 1. The molecule has 2 N–H and O–H groups in total. The number of thiocarbonyl (C=S) groups is 1. The van der Waals surface area contributed by atoms with Crippen molar-refractivity contribution < 1.29 is 9.47 Å². The van der Waals surface area contributed by atoms with E-state index in [-0.39, 0.29) is 0 Å². The number of rotatable bonds is 6. The maximum absolute atomic E-state index is 5.41. The van der Waals surface area contributed by atoms with Gasteiger partial charge in [-0.05, 0) is 42.4 Å². The first kappa shape index (κ1) is 17.4. The van der Waals surface area contributed by atoms with Crippen LogP contribution in [0.4, 0.5) is 5.13 Å². The van der Waals surface area contributed by atoms with Gasteiger partial charge in [0.25, 0.3) is 0 Å². The molecule has 3 aromatic rings. The molecule has 5 nitrogen and oxygen atoms in total. The number of nitrogens with one attached hydrogen (secondary N) is 2. The summed E-state index contributed by atoms with van der Waals surface area (Å²) in [6.07, 6.45) is 0.787. The van der Waals surface area contributed by atoms with Crippen molar-refractivity contribution in [2.75, 3.05) is 26.1 Å². The molecular weight excluding hydrogens is 354 g/mol. The third-order valence-corrected chi connectivity index (χ3v) is 4.89. The molecule has 0 radical (unpaired) electrons. The Balaban J connectivity index is 1.54. The van der Waals surface area contributed by atoms with E-state index in [4.69, 9.17) is 21.7 Å². The maximum Gasteiger partial charge on any atom is 0.190 e. The monoisotopic (exact) mass is 373 g/mol. The van der Waals surface area contributed by atoms with Gasteiger partial charge in [-0.15, -0.1) is 0 Å².